The van der Waals surface area contributed by atoms with Crippen LogP contribution in [0, 0.1) is 0 Å². The molecular weight excluding hydrogens is 128 g/mol. The molecule has 0 aromatic rings. The molecule has 0 radical (unpaired) electrons. The van der Waals surface area contributed by atoms with Gasteiger partial charge in [0.15, 0.2) is 0 Å². The maximum Gasteiger partial charge on any atom is 0.121 e. The fourth-order valence-corrected chi connectivity index (χ4v) is 1.01. The summed E-state index contributed by atoms with van der Waals surface area (Å²) in [6.07, 6.45) is 6.19. The second-order valence-corrected chi connectivity index (χ2v) is 2.44. The fourth-order valence-electron chi connectivity index (χ4n) is 1.01. The average molecular weight is 142 g/mol. The molecule has 0 bridgehead atoms. The number of hydrogen-bond acceptors (Lipinski definition) is 2. The molecule has 2 heteroatoms. The van der Waals surface area contributed by atoms with Crippen molar-refractivity contribution < 1.29 is 9.47 Å². The molecule has 0 aromatic heterocycles. The van der Waals surface area contributed by atoms with Gasteiger partial charge in [0.2, 0.25) is 0 Å². The van der Waals surface area contributed by atoms with Gasteiger partial charge in [0.1, 0.15) is 6.10 Å². The van der Waals surface area contributed by atoms with Crippen molar-refractivity contribution in [1.29, 1.82) is 0 Å². The molecule has 0 N–H and O–H groups in total. The molecule has 2 nitrogen and oxygen atoms in total. The van der Waals surface area contributed by atoms with Gasteiger partial charge in [0, 0.05) is 6.61 Å². The van der Waals surface area contributed by atoms with Crippen molar-refractivity contribution in [3.63, 3.8) is 0 Å². The van der Waals surface area contributed by atoms with E-state index in [2.05, 4.69) is 0 Å². The van der Waals surface area contributed by atoms with Gasteiger partial charge in [-0.1, -0.05) is 6.08 Å². The number of allylic oxidation sites excluding steroid dienone is 1. The van der Waals surface area contributed by atoms with E-state index in [0.29, 0.717) is 6.10 Å². The Morgan fingerprint density at radius 3 is 3.10 bits per heavy atom. The van der Waals surface area contributed by atoms with E-state index in [1.807, 2.05) is 13.0 Å². The van der Waals surface area contributed by atoms with Crippen LogP contribution in [0.15, 0.2) is 12.3 Å². The third-order valence-electron chi connectivity index (χ3n) is 1.53. The van der Waals surface area contributed by atoms with Crippen LogP contribution < -0.4 is 0 Å². The minimum Gasteiger partial charge on any atom is -0.496 e. The predicted octanol–water partition coefficient (Wildman–Crippen LogP) is 1.72. The summed E-state index contributed by atoms with van der Waals surface area (Å²) in [4.78, 5) is 0. The third-order valence-corrected chi connectivity index (χ3v) is 1.53. The molecule has 0 aromatic carbocycles. The first-order chi connectivity index (χ1) is 4.93. The summed E-state index contributed by atoms with van der Waals surface area (Å²) in [6.45, 7) is 3.60. The molecule has 1 heterocycles. The maximum absolute atomic E-state index is 5.33. The van der Waals surface area contributed by atoms with Gasteiger partial charge in [0.05, 0.1) is 12.9 Å². The van der Waals surface area contributed by atoms with Crippen LogP contribution in [0.3, 0.4) is 0 Å². The van der Waals surface area contributed by atoms with Crippen molar-refractivity contribution in [3.8, 4) is 0 Å². The summed E-state index contributed by atoms with van der Waals surface area (Å²) >= 11 is 0. The standard InChI is InChI=1S/C8H14O2/c1-2-5-10-8-4-3-6-9-7-8/h2,5,8H,3-4,6-7H2,1H3/b5-2+. The van der Waals surface area contributed by atoms with E-state index in [1.54, 1.807) is 6.26 Å². The second kappa shape index (κ2) is 4.34. The molecule has 0 aliphatic carbocycles. The lowest BCUT2D eigenvalue weighted by atomic mass is 10.2. The summed E-state index contributed by atoms with van der Waals surface area (Å²) in [5.74, 6) is 0. The molecule has 1 rings (SSSR count). The largest absolute Gasteiger partial charge is 0.496 e. The molecular formula is C8H14O2. The highest BCUT2D eigenvalue weighted by atomic mass is 16.5. The Morgan fingerprint density at radius 2 is 2.50 bits per heavy atom. The first kappa shape index (κ1) is 7.61. The summed E-state index contributed by atoms with van der Waals surface area (Å²) in [5.41, 5.74) is 0. The Hall–Kier alpha value is -0.500. The quantitative estimate of drug-likeness (QED) is 0.546. The molecule has 1 unspecified atom stereocenters. The first-order valence-electron chi connectivity index (χ1n) is 3.78. The number of hydrogen-bond donors (Lipinski definition) is 0. The van der Waals surface area contributed by atoms with Crippen molar-refractivity contribution in [3.05, 3.63) is 12.3 Å². The van der Waals surface area contributed by atoms with Crippen molar-refractivity contribution in [2.24, 2.45) is 0 Å². The molecule has 0 saturated carbocycles. The van der Waals surface area contributed by atoms with Crippen LogP contribution in [-0.2, 0) is 9.47 Å². The average Bonchev–Trinajstić information content (AvgIpc) is 2.03. The van der Waals surface area contributed by atoms with E-state index in [0.717, 1.165) is 26.1 Å². The normalized spacial score (nSPS) is 27.1. The molecule has 58 valence electrons. The Balaban J connectivity index is 2.13. The lowest BCUT2D eigenvalue weighted by Crippen LogP contribution is -2.23. The SMILES string of the molecule is C/C=C/OC1CCCOC1. The third kappa shape index (κ3) is 2.40. The Bertz CT molecular complexity index is 104. The van der Waals surface area contributed by atoms with E-state index in [9.17, 15) is 0 Å². The summed E-state index contributed by atoms with van der Waals surface area (Å²) in [6, 6.07) is 0. The molecule has 0 spiro atoms. The maximum atomic E-state index is 5.33. The highest BCUT2D eigenvalue weighted by Crippen LogP contribution is 2.09. The van der Waals surface area contributed by atoms with E-state index >= 15 is 0 Å². The molecule has 1 aliphatic rings. The van der Waals surface area contributed by atoms with Crippen LogP contribution in [0.4, 0.5) is 0 Å². The second-order valence-electron chi connectivity index (χ2n) is 2.44. The van der Waals surface area contributed by atoms with Crippen LogP contribution in [0.25, 0.3) is 0 Å². The lowest BCUT2D eigenvalue weighted by Gasteiger charge is -2.21. The Labute approximate surface area is 61.8 Å². The molecule has 1 fully saturated rings. The van der Waals surface area contributed by atoms with E-state index < -0.39 is 0 Å². The van der Waals surface area contributed by atoms with E-state index in [4.69, 9.17) is 9.47 Å². The van der Waals surface area contributed by atoms with Crippen LogP contribution in [0.5, 0.6) is 0 Å². The summed E-state index contributed by atoms with van der Waals surface area (Å²) in [5, 5.41) is 0. The van der Waals surface area contributed by atoms with E-state index in [1.165, 1.54) is 0 Å². The van der Waals surface area contributed by atoms with Crippen molar-refractivity contribution in [2.75, 3.05) is 13.2 Å². The van der Waals surface area contributed by atoms with Gasteiger partial charge in [-0.2, -0.15) is 0 Å². The smallest absolute Gasteiger partial charge is 0.121 e. The summed E-state index contributed by atoms with van der Waals surface area (Å²) in [7, 11) is 0. The number of rotatable bonds is 2. The van der Waals surface area contributed by atoms with Gasteiger partial charge in [-0.25, -0.2) is 0 Å². The van der Waals surface area contributed by atoms with Crippen molar-refractivity contribution in [2.45, 2.75) is 25.9 Å². The van der Waals surface area contributed by atoms with Crippen LogP contribution in [0.1, 0.15) is 19.8 Å². The molecule has 1 aliphatic heterocycles. The summed E-state index contributed by atoms with van der Waals surface area (Å²) < 4.78 is 10.5. The highest BCUT2D eigenvalue weighted by Gasteiger charge is 2.12. The van der Waals surface area contributed by atoms with Gasteiger partial charge in [-0.15, -0.1) is 0 Å². The minimum atomic E-state index is 0.296. The molecule has 1 saturated heterocycles. The van der Waals surface area contributed by atoms with Gasteiger partial charge >= 0.3 is 0 Å². The van der Waals surface area contributed by atoms with E-state index in [-0.39, 0.29) is 0 Å². The van der Waals surface area contributed by atoms with Crippen LogP contribution >= 0.6 is 0 Å². The molecule has 10 heavy (non-hydrogen) atoms. The zero-order chi connectivity index (χ0) is 7.23. The van der Waals surface area contributed by atoms with Gasteiger partial charge in [-0.05, 0) is 19.8 Å². The highest BCUT2D eigenvalue weighted by molar-refractivity contribution is 4.70. The Morgan fingerprint density at radius 1 is 1.60 bits per heavy atom. The fraction of sp³-hybridized carbons (Fsp3) is 0.750. The molecule has 1 atom stereocenters. The van der Waals surface area contributed by atoms with Gasteiger partial charge in [-0.3, -0.25) is 0 Å². The lowest BCUT2D eigenvalue weighted by molar-refractivity contribution is -0.0132. The van der Waals surface area contributed by atoms with Crippen molar-refractivity contribution in [1.82, 2.24) is 0 Å². The zero-order valence-electron chi connectivity index (χ0n) is 6.38. The number of ether oxygens (including phenoxy) is 2. The van der Waals surface area contributed by atoms with Crippen molar-refractivity contribution >= 4 is 0 Å². The predicted molar refractivity (Wildman–Crippen MR) is 39.7 cm³/mol. The topological polar surface area (TPSA) is 18.5 Å². The first-order valence-corrected chi connectivity index (χ1v) is 3.78. The van der Waals surface area contributed by atoms with Gasteiger partial charge in [0.25, 0.3) is 0 Å². The minimum absolute atomic E-state index is 0.296. The zero-order valence-corrected chi connectivity index (χ0v) is 6.38. The van der Waals surface area contributed by atoms with Gasteiger partial charge < -0.3 is 9.47 Å². The van der Waals surface area contributed by atoms with Crippen LogP contribution in [0.2, 0.25) is 0 Å². The van der Waals surface area contributed by atoms with Crippen LogP contribution in [-0.4, -0.2) is 19.3 Å². The monoisotopic (exact) mass is 142 g/mol. The Kier molecular flexibility index (Phi) is 3.30. The molecule has 0 amide bonds.